The molecule has 0 aliphatic carbocycles. The number of likely N-dealkylation sites (tertiary alicyclic amines) is 2. The maximum absolute atomic E-state index is 13.1. The molecule has 0 aromatic carbocycles. The topological polar surface area (TPSA) is 338 Å². The van der Waals surface area contributed by atoms with E-state index in [1.807, 2.05) is 0 Å². The summed E-state index contributed by atoms with van der Waals surface area (Å²) in [4.78, 5) is 112. The fourth-order valence-electron chi connectivity index (χ4n) is 6.54. The molecule has 2 aliphatic heterocycles. The summed E-state index contributed by atoms with van der Waals surface area (Å²) in [6.07, 6.45) is 6.02. The smallest absolute Gasteiger partial charge is 0.328 e. The summed E-state index contributed by atoms with van der Waals surface area (Å²) in [5.74, 6) is -3.89. The highest BCUT2D eigenvalue weighted by molar-refractivity contribution is 5.93. The van der Waals surface area contributed by atoms with E-state index in [9.17, 15) is 38.4 Å². The molecule has 22 heteroatoms. The minimum atomic E-state index is -0.938. The number of nitrogens with one attached hydrogen (secondary N) is 4. The zero-order chi connectivity index (χ0) is 43.0. The third kappa shape index (κ3) is 18.5. The predicted octanol–water partition coefficient (Wildman–Crippen LogP) is -3.04. The largest absolute Gasteiger partial charge is 0.467 e. The molecule has 2 heterocycles. The zero-order valence-electron chi connectivity index (χ0n) is 33.6. The molecular weight excluding hydrogens is 760 g/mol. The van der Waals surface area contributed by atoms with Gasteiger partial charge in [0.25, 0.3) is 0 Å². The summed E-state index contributed by atoms with van der Waals surface area (Å²) in [6, 6.07) is -3.42. The molecule has 12 N–H and O–H groups in total. The number of rotatable bonds is 25. The van der Waals surface area contributed by atoms with E-state index < -0.39 is 47.9 Å². The van der Waals surface area contributed by atoms with Gasteiger partial charge in [0.05, 0.1) is 27.3 Å². The van der Waals surface area contributed by atoms with E-state index >= 15 is 0 Å². The molecule has 22 nitrogen and oxygen atoms in total. The molecule has 0 aromatic rings. The van der Waals surface area contributed by atoms with E-state index in [1.165, 1.54) is 24.0 Å². The average Bonchev–Trinajstić information content (AvgIpc) is 3.17. The highest BCUT2D eigenvalue weighted by atomic mass is 16.5. The lowest BCUT2D eigenvalue weighted by atomic mass is 10.0. The Balaban J connectivity index is 1.69. The molecule has 58 heavy (non-hydrogen) atoms. The van der Waals surface area contributed by atoms with Gasteiger partial charge < -0.3 is 63.5 Å². The Kier molecular flexibility index (Phi) is 21.9. The van der Waals surface area contributed by atoms with E-state index in [0.29, 0.717) is 77.3 Å². The standard InChI is InChI=1S/C36H62N12O10/c1-57-33(55)25(11-7-17-41-35(37)38)45-29(51)21-47-19-9-13-23(31(47)53)43-27(49)15-5-3-4-6-16-28(50)44-24-14-10-20-48(32(24)54)22-30(52)46-26(34(56)58-2)12-8-18-42-36(39)40/h23-26H,3-22H2,1-2H3,(H,43,49)(H,44,50)(H,45,51)(H,46,52)(H4,37,38,41)(H4,39,40,42)/t23?,24?,25-,26-/m0/s1. The summed E-state index contributed by atoms with van der Waals surface area (Å²) < 4.78 is 9.55. The molecule has 0 spiro atoms. The monoisotopic (exact) mass is 822 g/mol. The maximum Gasteiger partial charge on any atom is 0.328 e. The summed E-state index contributed by atoms with van der Waals surface area (Å²) in [7, 11) is 2.41. The van der Waals surface area contributed by atoms with E-state index in [0.717, 1.165) is 0 Å². The number of guanidine groups is 2. The third-order valence-corrected chi connectivity index (χ3v) is 9.49. The van der Waals surface area contributed by atoms with Gasteiger partial charge in [-0.15, -0.1) is 0 Å². The van der Waals surface area contributed by atoms with Crippen molar-refractivity contribution in [3.05, 3.63) is 0 Å². The number of methoxy groups -OCH3 is 2. The molecule has 2 saturated heterocycles. The molecule has 4 atom stereocenters. The fourth-order valence-corrected chi connectivity index (χ4v) is 6.54. The van der Waals surface area contributed by atoms with E-state index in [-0.39, 0.29) is 87.4 Å². The van der Waals surface area contributed by atoms with Crippen LogP contribution in [0.15, 0.2) is 9.98 Å². The Bertz CT molecular complexity index is 1380. The van der Waals surface area contributed by atoms with Crippen molar-refractivity contribution >= 4 is 59.3 Å². The lowest BCUT2D eigenvalue weighted by molar-refractivity contribution is -0.146. The Labute approximate surface area is 338 Å². The Morgan fingerprint density at radius 1 is 0.621 bits per heavy atom. The number of ether oxygens (including phenoxy) is 2. The van der Waals surface area contributed by atoms with Crippen molar-refractivity contribution in [3.63, 3.8) is 0 Å². The van der Waals surface area contributed by atoms with Gasteiger partial charge in [0, 0.05) is 39.0 Å². The Hall–Kier alpha value is -5.70. The molecule has 2 fully saturated rings. The molecule has 2 rings (SSSR count). The number of unbranched alkanes of at least 4 members (excludes halogenated alkanes) is 3. The molecule has 326 valence electrons. The molecule has 0 aromatic heterocycles. The van der Waals surface area contributed by atoms with Crippen molar-refractivity contribution < 1.29 is 47.8 Å². The van der Waals surface area contributed by atoms with Crippen LogP contribution >= 0.6 is 0 Å². The van der Waals surface area contributed by atoms with Gasteiger partial charge in [-0.1, -0.05) is 12.8 Å². The number of carbonyl (C=O) groups is 8. The molecule has 2 aliphatic rings. The summed E-state index contributed by atoms with van der Waals surface area (Å²) in [5.41, 5.74) is 21.3. The quantitative estimate of drug-likeness (QED) is 0.0197. The minimum Gasteiger partial charge on any atom is -0.467 e. The first kappa shape index (κ1) is 48.4. The lowest BCUT2D eigenvalue weighted by Crippen LogP contribution is -2.55. The van der Waals surface area contributed by atoms with Crippen molar-refractivity contribution in [1.29, 1.82) is 0 Å². The van der Waals surface area contributed by atoms with Crippen LogP contribution in [0.3, 0.4) is 0 Å². The van der Waals surface area contributed by atoms with Crippen LogP contribution in [-0.2, 0) is 47.8 Å². The Morgan fingerprint density at radius 2 is 1.00 bits per heavy atom. The van der Waals surface area contributed by atoms with Crippen LogP contribution in [0.4, 0.5) is 0 Å². The van der Waals surface area contributed by atoms with Gasteiger partial charge in [-0.2, -0.15) is 0 Å². The van der Waals surface area contributed by atoms with Gasteiger partial charge in [-0.25, -0.2) is 9.59 Å². The number of esters is 2. The number of carbonyl (C=O) groups excluding carboxylic acids is 8. The zero-order valence-corrected chi connectivity index (χ0v) is 33.6. The maximum atomic E-state index is 13.1. The van der Waals surface area contributed by atoms with Crippen molar-refractivity contribution in [2.45, 2.75) is 114 Å². The van der Waals surface area contributed by atoms with Gasteiger partial charge in [-0.05, 0) is 64.2 Å². The van der Waals surface area contributed by atoms with Crippen LogP contribution in [0.5, 0.6) is 0 Å². The van der Waals surface area contributed by atoms with Crippen LogP contribution in [0.1, 0.15) is 89.9 Å². The number of nitrogens with zero attached hydrogens (tertiary/aromatic N) is 4. The average molecular weight is 823 g/mol. The van der Waals surface area contributed by atoms with Gasteiger partial charge in [-0.3, -0.25) is 38.8 Å². The number of nitrogens with two attached hydrogens (primary N) is 4. The van der Waals surface area contributed by atoms with Crippen LogP contribution in [0.25, 0.3) is 0 Å². The summed E-state index contributed by atoms with van der Waals surface area (Å²) in [5, 5.41) is 10.7. The predicted molar refractivity (Wildman–Crippen MR) is 211 cm³/mol. The van der Waals surface area contributed by atoms with Gasteiger partial charge in [0.15, 0.2) is 11.9 Å². The van der Waals surface area contributed by atoms with E-state index in [4.69, 9.17) is 32.4 Å². The second-order valence-electron chi connectivity index (χ2n) is 14.1. The molecule has 2 unspecified atom stereocenters. The molecule has 6 amide bonds. The number of hydrogen-bond acceptors (Lipinski definition) is 12. The van der Waals surface area contributed by atoms with Gasteiger partial charge >= 0.3 is 11.9 Å². The molecule has 0 bridgehead atoms. The highest BCUT2D eigenvalue weighted by Gasteiger charge is 2.33. The van der Waals surface area contributed by atoms with Crippen LogP contribution in [0.2, 0.25) is 0 Å². The lowest BCUT2D eigenvalue weighted by Gasteiger charge is -2.32. The van der Waals surface area contributed by atoms with Crippen LogP contribution < -0.4 is 44.2 Å². The van der Waals surface area contributed by atoms with E-state index in [2.05, 4.69) is 31.3 Å². The Morgan fingerprint density at radius 3 is 1.34 bits per heavy atom. The molecular formula is C36H62N12O10. The van der Waals surface area contributed by atoms with Crippen LogP contribution in [-0.4, -0.2) is 147 Å². The third-order valence-electron chi connectivity index (χ3n) is 9.49. The second-order valence-corrected chi connectivity index (χ2v) is 14.1. The number of hydrogen-bond donors (Lipinski definition) is 8. The number of amides is 6. The van der Waals surface area contributed by atoms with Gasteiger partial charge in [0.2, 0.25) is 35.4 Å². The first-order chi connectivity index (χ1) is 27.6. The fraction of sp³-hybridized carbons (Fsp3) is 0.722. The van der Waals surface area contributed by atoms with E-state index in [1.54, 1.807) is 0 Å². The van der Waals surface area contributed by atoms with Crippen molar-refractivity contribution in [3.8, 4) is 0 Å². The molecule has 0 radical (unpaired) electrons. The van der Waals surface area contributed by atoms with Crippen LogP contribution in [0, 0.1) is 0 Å². The first-order valence-corrected chi connectivity index (χ1v) is 19.7. The van der Waals surface area contributed by atoms with Crippen molar-refractivity contribution in [1.82, 2.24) is 31.1 Å². The highest BCUT2D eigenvalue weighted by Crippen LogP contribution is 2.15. The second kappa shape index (κ2) is 26.3. The minimum absolute atomic E-state index is 0.0851. The summed E-state index contributed by atoms with van der Waals surface area (Å²) in [6.45, 7) is 0.612. The van der Waals surface area contributed by atoms with Crippen molar-refractivity contribution in [2.24, 2.45) is 32.9 Å². The van der Waals surface area contributed by atoms with Crippen molar-refractivity contribution in [2.75, 3.05) is 53.5 Å². The van der Waals surface area contributed by atoms with Gasteiger partial charge in [0.1, 0.15) is 24.2 Å². The number of piperidine rings is 2. The SMILES string of the molecule is COC(=O)[C@H](CCCN=C(N)N)NC(=O)CN1CCCC(NC(=O)CCCCCCC(=O)NC2CCCN(CC(=O)N[C@@H](CCCN=C(N)N)C(=O)OC)C2=O)C1=O. The summed E-state index contributed by atoms with van der Waals surface area (Å²) >= 11 is 0. The number of aliphatic imine (C=N–C) groups is 2. The first-order valence-electron chi connectivity index (χ1n) is 19.7. The normalized spacial score (nSPS) is 17.6. The molecule has 0 saturated carbocycles.